The largest absolute Gasteiger partial charge is 0.309 e. The smallest absolute Gasteiger partial charge is 0.0931 e. The first-order valence-electron chi connectivity index (χ1n) is 6.87. The van der Waals surface area contributed by atoms with Gasteiger partial charge in [0.05, 0.1) is 10.4 Å². The van der Waals surface area contributed by atoms with Crippen LogP contribution < -0.4 is 5.32 Å². The van der Waals surface area contributed by atoms with E-state index in [0.717, 1.165) is 23.1 Å². The van der Waals surface area contributed by atoms with Crippen LogP contribution in [0.2, 0.25) is 4.34 Å². The van der Waals surface area contributed by atoms with Gasteiger partial charge in [0.25, 0.3) is 0 Å². The first-order valence-corrected chi connectivity index (χ1v) is 9.05. The van der Waals surface area contributed by atoms with E-state index in [9.17, 15) is 0 Å². The van der Waals surface area contributed by atoms with Gasteiger partial charge in [-0.3, -0.25) is 0 Å². The maximum absolute atomic E-state index is 6.06. The van der Waals surface area contributed by atoms with Crippen LogP contribution >= 0.6 is 34.7 Å². The Balaban J connectivity index is 1.98. The van der Waals surface area contributed by atoms with Crippen molar-refractivity contribution in [2.24, 2.45) is 0 Å². The maximum Gasteiger partial charge on any atom is 0.0931 e. The Kier molecular flexibility index (Phi) is 6.43. The lowest BCUT2D eigenvalue weighted by Gasteiger charge is -2.16. The molecule has 1 heterocycles. The standard InChI is InChI=1S/C16H20ClNS2/c1-3-10-18-14(15-8-9-16(17)20-15)11-19-13-6-4-12(2)5-7-13/h4-9,14,18H,3,10-11H2,1-2H3. The molecule has 1 unspecified atom stereocenters. The average molecular weight is 326 g/mol. The third-order valence-electron chi connectivity index (χ3n) is 3.02. The zero-order valence-electron chi connectivity index (χ0n) is 11.9. The Labute approximate surface area is 134 Å². The zero-order chi connectivity index (χ0) is 14.4. The quantitative estimate of drug-likeness (QED) is 0.670. The molecule has 0 saturated heterocycles. The topological polar surface area (TPSA) is 12.0 Å². The Morgan fingerprint density at radius 2 is 1.95 bits per heavy atom. The van der Waals surface area contributed by atoms with Gasteiger partial charge in [-0.2, -0.15) is 0 Å². The van der Waals surface area contributed by atoms with Crippen molar-refractivity contribution < 1.29 is 0 Å². The van der Waals surface area contributed by atoms with Gasteiger partial charge in [0.1, 0.15) is 0 Å². The Morgan fingerprint density at radius 3 is 2.55 bits per heavy atom. The Hall–Kier alpha value is -0.480. The normalized spacial score (nSPS) is 12.6. The molecule has 1 atom stereocenters. The van der Waals surface area contributed by atoms with E-state index in [1.54, 1.807) is 11.3 Å². The number of thioether (sulfide) groups is 1. The van der Waals surface area contributed by atoms with E-state index in [1.165, 1.54) is 15.3 Å². The number of hydrogen-bond donors (Lipinski definition) is 1. The second-order valence-corrected chi connectivity index (χ2v) is 7.61. The fraction of sp³-hybridized carbons (Fsp3) is 0.375. The van der Waals surface area contributed by atoms with Crippen molar-refractivity contribution in [1.29, 1.82) is 0 Å². The summed E-state index contributed by atoms with van der Waals surface area (Å²) < 4.78 is 0.864. The van der Waals surface area contributed by atoms with Crippen molar-refractivity contribution in [2.45, 2.75) is 31.2 Å². The number of aryl methyl sites for hydroxylation is 1. The minimum atomic E-state index is 0.374. The zero-order valence-corrected chi connectivity index (χ0v) is 14.2. The van der Waals surface area contributed by atoms with Crippen LogP contribution in [0, 0.1) is 6.92 Å². The third kappa shape index (κ3) is 4.81. The summed E-state index contributed by atoms with van der Waals surface area (Å²) in [5.74, 6) is 1.03. The molecule has 0 saturated carbocycles. The van der Waals surface area contributed by atoms with Crippen molar-refractivity contribution in [1.82, 2.24) is 5.32 Å². The van der Waals surface area contributed by atoms with E-state index in [1.807, 2.05) is 17.8 Å². The predicted octanol–water partition coefficient (Wildman–Crippen LogP) is 5.54. The first-order chi connectivity index (χ1) is 9.69. The monoisotopic (exact) mass is 325 g/mol. The molecule has 1 N–H and O–H groups in total. The highest BCUT2D eigenvalue weighted by molar-refractivity contribution is 7.99. The summed E-state index contributed by atoms with van der Waals surface area (Å²) in [5.41, 5.74) is 1.31. The van der Waals surface area contributed by atoms with Crippen molar-refractivity contribution in [3.05, 3.63) is 51.2 Å². The van der Waals surface area contributed by atoms with Crippen LogP contribution in [-0.2, 0) is 0 Å². The van der Waals surface area contributed by atoms with E-state index in [2.05, 4.69) is 49.5 Å². The lowest BCUT2D eigenvalue weighted by atomic mass is 10.2. The summed E-state index contributed by atoms with van der Waals surface area (Å²) in [7, 11) is 0. The summed E-state index contributed by atoms with van der Waals surface area (Å²) in [6, 6.07) is 13.2. The van der Waals surface area contributed by atoms with E-state index in [-0.39, 0.29) is 0 Å². The van der Waals surface area contributed by atoms with Crippen molar-refractivity contribution >= 4 is 34.7 Å². The van der Waals surface area contributed by atoms with Crippen molar-refractivity contribution in [3.63, 3.8) is 0 Å². The van der Waals surface area contributed by atoms with E-state index in [0.29, 0.717) is 6.04 Å². The number of halogens is 1. The summed E-state index contributed by atoms with van der Waals surface area (Å²) in [5, 5.41) is 3.61. The molecule has 108 valence electrons. The summed E-state index contributed by atoms with van der Waals surface area (Å²) in [6.45, 7) is 5.35. The lowest BCUT2D eigenvalue weighted by Crippen LogP contribution is -2.23. The SMILES string of the molecule is CCCNC(CSc1ccc(C)cc1)c1ccc(Cl)s1. The average Bonchev–Trinajstić information content (AvgIpc) is 2.87. The minimum Gasteiger partial charge on any atom is -0.309 e. The fourth-order valence-corrected chi connectivity index (χ4v) is 4.12. The van der Waals surface area contributed by atoms with Crippen LogP contribution in [0.15, 0.2) is 41.3 Å². The summed E-state index contributed by atoms with van der Waals surface area (Å²) in [4.78, 5) is 2.64. The van der Waals surface area contributed by atoms with E-state index < -0.39 is 0 Å². The van der Waals surface area contributed by atoms with Gasteiger partial charge in [0, 0.05) is 15.5 Å². The van der Waals surface area contributed by atoms with Crippen molar-refractivity contribution in [2.75, 3.05) is 12.3 Å². The van der Waals surface area contributed by atoms with Crippen LogP contribution in [0.5, 0.6) is 0 Å². The highest BCUT2D eigenvalue weighted by atomic mass is 35.5. The first kappa shape index (κ1) is 15.9. The second-order valence-electron chi connectivity index (χ2n) is 4.77. The van der Waals surface area contributed by atoms with Gasteiger partial charge in [-0.05, 0) is 44.2 Å². The predicted molar refractivity (Wildman–Crippen MR) is 92.3 cm³/mol. The molecule has 20 heavy (non-hydrogen) atoms. The summed E-state index contributed by atoms with van der Waals surface area (Å²) in [6.07, 6.45) is 1.14. The molecular formula is C16H20ClNS2. The minimum absolute atomic E-state index is 0.374. The fourth-order valence-electron chi connectivity index (χ4n) is 1.89. The van der Waals surface area contributed by atoms with Gasteiger partial charge in [0.2, 0.25) is 0 Å². The summed E-state index contributed by atoms with van der Waals surface area (Å²) >= 11 is 9.62. The second kappa shape index (κ2) is 8.08. The lowest BCUT2D eigenvalue weighted by molar-refractivity contribution is 0.585. The Morgan fingerprint density at radius 1 is 1.20 bits per heavy atom. The number of hydrogen-bond acceptors (Lipinski definition) is 3. The molecule has 0 aliphatic rings. The van der Waals surface area contributed by atoms with Gasteiger partial charge in [0.15, 0.2) is 0 Å². The number of rotatable bonds is 7. The molecule has 0 radical (unpaired) electrons. The highest BCUT2D eigenvalue weighted by Crippen LogP contribution is 2.31. The Bertz CT molecular complexity index is 522. The van der Waals surface area contributed by atoms with Crippen LogP contribution in [0.3, 0.4) is 0 Å². The van der Waals surface area contributed by atoms with Crippen LogP contribution in [0.25, 0.3) is 0 Å². The van der Waals surface area contributed by atoms with Crippen LogP contribution in [0.1, 0.15) is 29.8 Å². The molecule has 0 fully saturated rings. The van der Waals surface area contributed by atoms with Gasteiger partial charge < -0.3 is 5.32 Å². The molecule has 4 heteroatoms. The van der Waals surface area contributed by atoms with E-state index >= 15 is 0 Å². The molecule has 0 aliphatic carbocycles. The molecule has 1 aromatic carbocycles. The molecule has 2 rings (SSSR count). The van der Waals surface area contributed by atoms with Crippen LogP contribution in [-0.4, -0.2) is 12.3 Å². The van der Waals surface area contributed by atoms with Gasteiger partial charge in [-0.25, -0.2) is 0 Å². The molecule has 1 aromatic heterocycles. The van der Waals surface area contributed by atoms with Gasteiger partial charge in [-0.15, -0.1) is 23.1 Å². The number of nitrogens with one attached hydrogen (secondary N) is 1. The highest BCUT2D eigenvalue weighted by Gasteiger charge is 2.13. The molecule has 1 nitrogen and oxygen atoms in total. The molecule has 0 aliphatic heterocycles. The number of benzene rings is 1. The molecular weight excluding hydrogens is 306 g/mol. The molecule has 0 amide bonds. The van der Waals surface area contributed by atoms with Crippen molar-refractivity contribution in [3.8, 4) is 0 Å². The molecule has 2 aromatic rings. The number of thiophene rings is 1. The molecule has 0 bridgehead atoms. The van der Waals surface area contributed by atoms with Gasteiger partial charge in [-0.1, -0.05) is 36.2 Å². The molecule has 0 spiro atoms. The maximum atomic E-state index is 6.06. The van der Waals surface area contributed by atoms with Crippen LogP contribution in [0.4, 0.5) is 0 Å². The third-order valence-corrected chi connectivity index (χ3v) is 5.47. The van der Waals surface area contributed by atoms with E-state index in [4.69, 9.17) is 11.6 Å². The van der Waals surface area contributed by atoms with Gasteiger partial charge >= 0.3 is 0 Å².